The van der Waals surface area contributed by atoms with Crippen LogP contribution in [-0.2, 0) is 4.74 Å². The van der Waals surface area contributed by atoms with E-state index in [4.69, 9.17) is 9.84 Å². The summed E-state index contributed by atoms with van der Waals surface area (Å²) in [6.07, 6.45) is 2.42. The fourth-order valence-electron chi connectivity index (χ4n) is 0.917. The lowest BCUT2D eigenvalue weighted by Gasteiger charge is -1.89. The van der Waals surface area contributed by atoms with Crippen LogP contribution in [0.15, 0.2) is 24.3 Å². The molecule has 0 aliphatic heterocycles. The smallest absolute Gasteiger partial charge is 0.115 e. The molecular weight excluding hydrogens is 176 g/mol. The van der Waals surface area contributed by atoms with E-state index in [-0.39, 0.29) is 0 Å². The average molecular weight is 196 g/mol. The maximum atomic E-state index is 8.81. The highest BCUT2D eigenvalue weighted by atomic mass is 16.5. The van der Waals surface area contributed by atoms with E-state index in [9.17, 15) is 0 Å². The molecule has 0 heterocycles. The second-order valence-electron chi connectivity index (χ2n) is 3.19. The normalized spacial score (nSPS) is 9.07. The number of rotatable bonds is 3. The molecule has 1 N–H and O–H groups in total. The number of phenols is 1. The fraction of sp³-hybridized carbons (Fsp3) is 0.500. The summed E-state index contributed by atoms with van der Waals surface area (Å²) in [4.78, 5) is 0. The maximum absolute atomic E-state index is 8.81. The van der Waals surface area contributed by atoms with Crippen molar-refractivity contribution in [1.82, 2.24) is 0 Å². The molecule has 0 aliphatic carbocycles. The van der Waals surface area contributed by atoms with Crippen molar-refractivity contribution in [3.8, 4) is 5.75 Å². The van der Waals surface area contributed by atoms with Gasteiger partial charge in [-0.1, -0.05) is 25.5 Å². The van der Waals surface area contributed by atoms with E-state index in [1.807, 2.05) is 19.1 Å². The average Bonchev–Trinajstić information content (AvgIpc) is 2.15. The van der Waals surface area contributed by atoms with Crippen LogP contribution in [-0.4, -0.2) is 18.8 Å². The molecule has 0 aromatic heterocycles. The Balaban J connectivity index is 0.000000255. The SMILES string of the molecule is CCCCOC.Cc1cccc(O)c1. The fourth-order valence-corrected chi connectivity index (χ4v) is 0.917. The summed E-state index contributed by atoms with van der Waals surface area (Å²) in [5.41, 5.74) is 1.09. The number of aryl methyl sites for hydroxylation is 1. The molecule has 0 atom stereocenters. The summed E-state index contributed by atoms with van der Waals surface area (Å²) < 4.78 is 4.78. The molecule has 2 heteroatoms. The van der Waals surface area contributed by atoms with Crippen LogP contribution in [0.1, 0.15) is 25.3 Å². The van der Waals surface area contributed by atoms with Crippen LogP contribution in [0.4, 0.5) is 0 Å². The summed E-state index contributed by atoms with van der Waals surface area (Å²) in [5.74, 6) is 0.338. The van der Waals surface area contributed by atoms with Crippen LogP contribution < -0.4 is 0 Å². The highest BCUT2D eigenvalue weighted by Gasteiger charge is 1.83. The highest BCUT2D eigenvalue weighted by molar-refractivity contribution is 5.25. The predicted molar refractivity (Wildman–Crippen MR) is 59.6 cm³/mol. The molecule has 0 saturated carbocycles. The van der Waals surface area contributed by atoms with E-state index in [2.05, 4.69) is 6.92 Å². The zero-order valence-electron chi connectivity index (χ0n) is 9.29. The van der Waals surface area contributed by atoms with Crippen LogP contribution in [0.5, 0.6) is 5.75 Å². The van der Waals surface area contributed by atoms with Gasteiger partial charge in [0.05, 0.1) is 0 Å². The zero-order valence-corrected chi connectivity index (χ0v) is 9.29. The van der Waals surface area contributed by atoms with Crippen LogP contribution in [0.2, 0.25) is 0 Å². The predicted octanol–water partition coefficient (Wildman–Crippen LogP) is 3.13. The summed E-state index contributed by atoms with van der Waals surface area (Å²) in [6.45, 7) is 5.01. The molecule has 0 saturated heterocycles. The Bertz CT molecular complexity index is 212. The van der Waals surface area contributed by atoms with Gasteiger partial charge in [0, 0.05) is 13.7 Å². The lowest BCUT2D eigenvalue weighted by atomic mass is 10.2. The van der Waals surface area contributed by atoms with Crippen molar-refractivity contribution in [1.29, 1.82) is 0 Å². The van der Waals surface area contributed by atoms with E-state index in [1.165, 1.54) is 12.8 Å². The standard InChI is InChI=1S/C7H8O.C5H12O/c1-6-3-2-4-7(8)5-6;1-3-4-5-6-2/h2-5,8H,1H3;3-5H2,1-2H3. The molecular formula is C12H20O2. The Morgan fingerprint density at radius 1 is 1.36 bits per heavy atom. The molecule has 0 unspecified atom stereocenters. The maximum Gasteiger partial charge on any atom is 0.115 e. The van der Waals surface area contributed by atoms with Gasteiger partial charge in [-0.3, -0.25) is 0 Å². The van der Waals surface area contributed by atoms with Gasteiger partial charge in [-0.15, -0.1) is 0 Å². The number of methoxy groups -OCH3 is 1. The van der Waals surface area contributed by atoms with Gasteiger partial charge in [0.15, 0.2) is 0 Å². The minimum absolute atomic E-state index is 0.338. The highest BCUT2D eigenvalue weighted by Crippen LogP contribution is 2.08. The molecule has 1 rings (SSSR count). The van der Waals surface area contributed by atoms with Crippen molar-refractivity contribution in [2.45, 2.75) is 26.7 Å². The minimum Gasteiger partial charge on any atom is -0.508 e. The van der Waals surface area contributed by atoms with Crippen molar-refractivity contribution in [2.24, 2.45) is 0 Å². The Kier molecular flexibility index (Phi) is 7.95. The molecule has 0 spiro atoms. The first-order chi connectivity index (χ1) is 6.70. The summed E-state index contributed by atoms with van der Waals surface area (Å²) in [5, 5.41) is 8.81. The summed E-state index contributed by atoms with van der Waals surface area (Å²) >= 11 is 0. The van der Waals surface area contributed by atoms with Crippen molar-refractivity contribution >= 4 is 0 Å². The topological polar surface area (TPSA) is 29.5 Å². The molecule has 0 bridgehead atoms. The zero-order chi connectivity index (χ0) is 10.8. The van der Waals surface area contributed by atoms with Crippen LogP contribution in [0, 0.1) is 6.92 Å². The number of unbranched alkanes of at least 4 members (excludes halogenated alkanes) is 1. The third-order valence-electron chi connectivity index (χ3n) is 1.70. The van der Waals surface area contributed by atoms with E-state index in [0.29, 0.717) is 5.75 Å². The molecule has 1 aromatic carbocycles. The number of hydrogen-bond donors (Lipinski definition) is 1. The lowest BCUT2D eigenvalue weighted by molar-refractivity contribution is 0.194. The molecule has 2 nitrogen and oxygen atoms in total. The molecule has 0 fully saturated rings. The van der Waals surface area contributed by atoms with Gasteiger partial charge < -0.3 is 9.84 Å². The molecule has 14 heavy (non-hydrogen) atoms. The number of phenolic OH excluding ortho intramolecular Hbond substituents is 1. The molecule has 0 radical (unpaired) electrons. The molecule has 80 valence electrons. The van der Waals surface area contributed by atoms with Gasteiger partial charge in [-0.25, -0.2) is 0 Å². The van der Waals surface area contributed by atoms with Gasteiger partial charge in [-0.05, 0) is 31.0 Å². The quantitative estimate of drug-likeness (QED) is 0.752. The Hall–Kier alpha value is -1.02. The van der Waals surface area contributed by atoms with Crippen molar-refractivity contribution in [2.75, 3.05) is 13.7 Å². The second kappa shape index (κ2) is 8.57. The van der Waals surface area contributed by atoms with E-state index < -0.39 is 0 Å². The minimum atomic E-state index is 0.338. The van der Waals surface area contributed by atoms with Gasteiger partial charge in [0.1, 0.15) is 5.75 Å². The van der Waals surface area contributed by atoms with E-state index in [1.54, 1.807) is 19.2 Å². The van der Waals surface area contributed by atoms with Crippen molar-refractivity contribution in [3.63, 3.8) is 0 Å². The summed E-state index contributed by atoms with van der Waals surface area (Å²) in [7, 11) is 1.73. The Labute approximate surface area is 86.5 Å². The number of hydrogen-bond acceptors (Lipinski definition) is 2. The van der Waals surface area contributed by atoms with Gasteiger partial charge in [0.25, 0.3) is 0 Å². The Morgan fingerprint density at radius 2 is 2.07 bits per heavy atom. The molecule has 0 amide bonds. The molecule has 0 aliphatic rings. The summed E-state index contributed by atoms with van der Waals surface area (Å²) in [6, 6.07) is 7.15. The first-order valence-corrected chi connectivity index (χ1v) is 4.95. The Morgan fingerprint density at radius 3 is 2.36 bits per heavy atom. The monoisotopic (exact) mass is 196 g/mol. The van der Waals surface area contributed by atoms with Crippen LogP contribution >= 0.6 is 0 Å². The number of ether oxygens (including phenoxy) is 1. The first kappa shape index (κ1) is 13.0. The van der Waals surface area contributed by atoms with Gasteiger partial charge in [-0.2, -0.15) is 0 Å². The number of aromatic hydroxyl groups is 1. The van der Waals surface area contributed by atoms with Gasteiger partial charge >= 0.3 is 0 Å². The van der Waals surface area contributed by atoms with Crippen molar-refractivity contribution in [3.05, 3.63) is 29.8 Å². The number of benzene rings is 1. The third-order valence-corrected chi connectivity index (χ3v) is 1.70. The van der Waals surface area contributed by atoms with Crippen LogP contribution in [0.25, 0.3) is 0 Å². The van der Waals surface area contributed by atoms with Crippen LogP contribution in [0.3, 0.4) is 0 Å². The van der Waals surface area contributed by atoms with E-state index >= 15 is 0 Å². The van der Waals surface area contributed by atoms with E-state index in [0.717, 1.165) is 12.2 Å². The lowest BCUT2D eigenvalue weighted by Crippen LogP contribution is -1.84. The second-order valence-corrected chi connectivity index (χ2v) is 3.19. The third kappa shape index (κ3) is 7.62. The van der Waals surface area contributed by atoms with Crippen molar-refractivity contribution < 1.29 is 9.84 Å². The first-order valence-electron chi connectivity index (χ1n) is 4.95. The van der Waals surface area contributed by atoms with Gasteiger partial charge in [0.2, 0.25) is 0 Å². The molecule has 1 aromatic rings. The largest absolute Gasteiger partial charge is 0.508 e.